The third-order valence-electron chi connectivity index (χ3n) is 3.96. The van der Waals surface area contributed by atoms with Crippen LogP contribution in [-0.2, 0) is 20.9 Å². The van der Waals surface area contributed by atoms with Crippen molar-refractivity contribution in [1.82, 2.24) is 4.57 Å². The van der Waals surface area contributed by atoms with E-state index in [4.69, 9.17) is 21.1 Å². The number of carbonyl (C=O) groups is 2. The van der Waals surface area contributed by atoms with Crippen LogP contribution in [0.4, 0.5) is 5.69 Å². The van der Waals surface area contributed by atoms with Gasteiger partial charge in [0.15, 0.2) is 12.3 Å². The van der Waals surface area contributed by atoms with Crippen molar-refractivity contribution < 1.29 is 24.2 Å². The molecule has 0 unspecified atom stereocenters. The van der Waals surface area contributed by atoms with Crippen LogP contribution in [0, 0.1) is 0 Å². The smallest absolute Gasteiger partial charge is 0.326 e. The summed E-state index contributed by atoms with van der Waals surface area (Å²) < 4.78 is 11.6. The number of benzene rings is 2. The van der Waals surface area contributed by atoms with Gasteiger partial charge in [-0.05, 0) is 25.1 Å². The van der Waals surface area contributed by atoms with Gasteiger partial charge in [0.2, 0.25) is 5.88 Å². The van der Waals surface area contributed by atoms with Crippen LogP contribution in [0.3, 0.4) is 0 Å². The van der Waals surface area contributed by atoms with E-state index in [1.807, 2.05) is 0 Å². The van der Waals surface area contributed by atoms with E-state index in [9.17, 15) is 14.7 Å². The summed E-state index contributed by atoms with van der Waals surface area (Å²) in [6.45, 7) is 1.36. The van der Waals surface area contributed by atoms with Crippen molar-refractivity contribution in [2.24, 2.45) is 10.2 Å². The van der Waals surface area contributed by atoms with Crippen LogP contribution in [0.1, 0.15) is 6.92 Å². The van der Waals surface area contributed by atoms with Crippen molar-refractivity contribution in [1.29, 1.82) is 0 Å². The molecule has 9 heteroatoms. The molecule has 8 nitrogen and oxygen atoms in total. The van der Waals surface area contributed by atoms with Crippen molar-refractivity contribution in [3.05, 3.63) is 53.6 Å². The number of carbonyl (C=O) groups excluding carboxylic acids is 2. The van der Waals surface area contributed by atoms with Gasteiger partial charge in [-0.1, -0.05) is 41.9 Å². The van der Waals surface area contributed by atoms with Gasteiger partial charge in [0.25, 0.3) is 0 Å². The molecule has 29 heavy (non-hydrogen) atoms. The maximum absolute atomic E-state index is 12.0. The molecule has 1 amide bonds. The van der Waals surface area contributed by atoms with E-state index in [1.54, 1.807) is 55.5 Å². The lowest BCUT2D eigenvalue weighted by atomic mass is 10.2. The Morgan fingerprint density at radius 3 is 2.62 bits per heavy atom. The highest BCUT2D eigenvalue weighted by atomic mass is 35.5. The van der Waals surface area contributed by atoms with Gasteiger partial charge in [-0.2, -0.15) is 0 Å². The SMILES string of the molecule is CCOC(=O)Cn1c(O)c(N=NC(=O)COc2ccccc2Cl)c2ccccc21. The Bertz CT molecular complexity index is 1080. The normalized spacial score (nSPS) is 11.1. The average molecular weight is 416 g/mol. The van der Waals surface area contributed by atoms with Crippen LogP contribution >= 0.6 is 11.6 Å². The Labute approximate surface area is 171 Å². The lowest BCUT2D eigenvalue weighted by Crippen LogP contribution is -2.12. The first-order valence-electron chi connectivity index (χ1n) is 8.79. The molecule has 0 aliphatic heterocycles. The molecule has 0 saturated carbocycles. The molecule has 0 bridgehead atoms. The highest BCUT2D eigenvalue weighted by Crippen LogP contribution is 2.38. The summed E-state index contributed by atoms with van der Waals surface area (Å²) in [6, 6.07) is 13.7. The molecule has 0 radical (unpaired) electrons. The first-order chi connectivity index (χ1) is 14.0. The minimum absolute atomic E-state index is 0.0796. The summed E-state index contributed by atoms with van der Waals surface area (Å²) in [5, 5.41) is 18.9. The maximum atomic E-state index is 12.0. The van der Waals surface area contributed by atoms with E-state index < -0.39 is 11.9 Å². The van der Waals surface area contributed by atoms with E-state index in [0.717, 1.165) is 0 Å². The number of rotatable bonds is 7. The fourth-order valence-electron chi connectivity index (χ4n) is 2.70. The summed E-state index contributed by atoms with van der Waals surface area (Å²) in [6.07, 6.45) is 0. The molecule has 0 spiro atoms. The van der Waals surface area contributed by atoms with Crippen LogP contribution in [0.5, 0.6) is 11.6 Å². The summed E-state index contributed by atoms with van der Waals surface area (Å²) in [4.78, 5) is 23.9. The highest BCUT2D eigenvalue weighted by Gasteiger charge is 2.19. The lowest BCUT2D eigenvalue weighted by Gasteiger charge is -2.06. The van der Waals surface area contributed by atoms with Crippen LogP contribution in [-0.4, -0.2) is 34.8 Å². The van der Waals surface area contributed by atoms with Crippen molar-refractivity contribution in [2.45, 2.75) is 13.5 Å². The van der Waals surface area contributed by atoms with Gasteiger partial charge in [-0.3, -0.25) is 14.2 Å². The number of halogens is 1. The third-order valence-corrected chi connectivity index (χ3v) is 4.27. The number of fused-ring (bicyclic) bond motifs is 1. The minimum Gasteiger partial charge on any atom is -0.493 e. The molecule has 0 fully saturated rings. The van der Waals surface area contributed by atoms with E-state index in [-0.39, 0.29) is 31.3 Å². The Balaban J connectivity index is 1.80. The number of aromatic nitrogens is 1. The van der Waals surface area contributed by atoms with Crippen LogP contribution in [0.15, 0.2) is 58.8 Å². The summed E-state index contributed by atoms with van der Waals surface area (Å²) in [5.41, 5.74) is 0.641. The van der Waals surface area contributed by atoms with Gasteiger partial charge in [0, 0.05) is 5.39 Å². The number of para-hydroxylation sites is 2. The predicted molar refractivity (Wildman–Crippen MR) is 107 cm³/mol. The molecule has 150 valence electrons. The summed E-state index contributed by atoms with van der Waals surface area (Å²) >= 11 is 5.97. The molecule has 3 rings (SSSR count). The number of esters is 1. The zero-order valence-corrected chi connectivity index (χ0v) is 16.3. The van der Waals surface area contributed by atoms with E-state index in [0.29, 0.717) is 21.7 Å². The van der Waals surface area contributed by atoms with Crippen molar-refractivity contribution in [3.8, 4) is 11.6 Å². The van der Waals surface area contributed by atoms with Gasteiger partial charge in [-0.25, -0.2) is 0 Å². The van der Waals surface area contributed by atoms with Crippen molar-refractivity contribution in [3.63, 3.8) is 0 Å². The quantitative estimate of drug-likeness (QED) is 0.459. The highest BCUT2D eigenvalue weighted by molar-refractivity contribution is 6.32. The monoisotopic (exact) mass is 415 g/mol. The van der Waals surface area contributed by atoms with Crippen LogP contribution in [0.2, 0.25) is 5.02 Å². The first-order valence-corrected chi connectivity index (χ1v) is 9.16. The zero-order valence-electron chi connectivity index (χ0n) is 15.5. The van der Waals surface area contributed by atoms with Crippen LogP contribution < -0.4 is 4.74 Å². The molecular weight excluding hydrogens is 398 g/mol. The number of hydrogen-bond acceptors (Lipinski definition) is 6. The van der Waals surface area contributed by atoms with Gasteiger partial charge in [-0.15, -0.1) is 10.2 Å². The molecule has 0 saturated heterocycles. The van der Waals surface area contributed by atoms with Crippen molar-refractivity contribution >= 4 is 40.1 Å². The summed E-state index contributed by atoms with van der Waals surface area (Å²) in [7, 11) is 0. The minimum atomic E-state index is -0.661. The molecule has 3 aromatic rings. The second-order valence-electron chi connectivity index (χ2n) is 5.89. The zero-order chi connectivity index (χ0) is 20.8. The van der Waals surface area contributed by atoms with Crippen LogP contribution in [0.25, 0.3) is 10.9 Å². The molecule has 1 N–H and O–H groups in total. The van der Waals surface area contributed by atoms with Gasteiger partial charge in [0.05, 0.1) is 17.1 Å². The van der Waals surface area contributed by atoms with Crippen molar-refractivity contribution in [2.75, 3.05) is 13.2 Å². The number of nitrogens with zero attached hydrogens (tertiary/aromatic N) is 3. The first kappa shape index (κ1) is 20.3. The Kier molecular flexibility index (Phi) is 6.46. The molecule has 0 atom stereocenters. The molecule has 0 aliphatic rings. The molecule has 1 aromatic heterocycles. The third kappa shape index (κ3) is 4.72. The fourth-order valence-corrected chi connectivity index (χ4v) is 2.89. The molecular formula is C20H18ClN3O5. The van der Waals surface area contributed by atoms with E-state index in [2.05, 4.69) is 10.2 Å². The molecule has 0 aliphatic carbocycles. The number of amides is 1. The molecule has 2 aromatic carbocycles. The second kappa shape index (κ2) is 9.20. The second-order valence-corrected chi connectivity index (χ2v) is 6.30. The largest absolute Gasteiger partial charge is 0.493 e. The lowest BCUT2D eigenvalue weighted by molar-refractivity contribution is -0.143. The number of hydrogen-bond donors (Lipinski definition) is 1. The Morgan fingerprint density at radius 1 is 1.14 bits per heavy atom. The predicted octanol–water partition coefficient (Wildman–Crippen LogP) is 4.25. The topological polar surface area (TPSA) is 102 Å². The summed E-state index contributed by atoms with van der Waals surface area (Å²) in [5.74, 6) is -1.10. The number of ether oxygens (including phenoxy) is 2. The maximum Gasteiger partial charge on any atom is 0.326 e. The number of azo groups is 1. The van der Waals surface area contributed by atoms with Gasteiger partial charge < -0.3 is 14.6 Å². The van der Waals surface area contributed by atoms with E-state index in [1.165, 1.54) is 4.57 Å². The van der Waals surface area contributed by atoms with Gasteiger partial charge in [0.1, 0.15) is 12.3 Å². The average Bonchev–Trinajstić information content (AvgIpc) is 2.97. The fraction of sp³-hybridized carbons (Fsp3) is 0.200. The number of aromatic hydroxyl groups is 1. The Hall–Kier alpha value is -3.39. The standard InChI is InChI=1S/C20H18ClN3O5/c1-2-28-18(26)11-24-15-9-5-3-7-13(15)19(20(24)27)23-22-17(25)12-29-16-10-6-4-8-14(16)21/h3-10,27H,2,11-12H2,1H3. The van der Waals surface area contributed by atoms with E-state index >= 15 is 0 Å². The Morgan fingerprint density at radius 2 is 1.86 bits per heavy atom. The van der Waals surface area contributed by atoms with Gasteiger partial charge >= 0.3 is 11.9 Å². The molecule has 1 heterocycles.